The van der Waals surface area contributed by atoms with Crippen LogP contribution >= 0.6 is 7.60 Å². The first kappa shape index (κ1) is 57.3. The van der Waals surface area contributed by atoms with Gasteiger partial charge in [0.2, 0.25) is 0 Å². The van der Waals surface area contributed by atoms with Gasteiger partial charge in [0.05, 0.1) is 6.16 Å². The molecule has 10 nitrogen and oxygen atoms in total. The van der Waals surface area contributed by atoms with Gasteiger partial charge in [-0.2, -0.15) is 0 Å². The second-order valence-electron chi connectivity index (χ2n) is 26.0. The summed E-state index contributed by atoms with van der Waals surface area (Å²) in [7, 11) is -4.24. The molecule has 0 atom stereocenters. The van der Waals surface area contributed by atoms with Crippen LogP contribution in [0.15, 0.2) is 133 Å². The van der Waals surface area contributed by atoms with E-state index in [1.807, 2.05) is 77.9 Å². The molecule has 2 fully saturated rings. The van der Waals surface area contributed by atoms with Gasteiger partial charge in [0.25, 0.3) is 0 Å². The zero-order valence-electron chi connectivity index (χ0n) is 47.4. The van der Waals surface area contributed by atoms with E-state index in [2.05, 4.69) is 114 Å². The Morgan fingerprint density at radius 2 is 0.853 bits per heavy atom. The number of hydrogen-bond donors (Lipinski definition) is 1. The van der Waals surface area contributed by atoms with Crippen molar-refractivity contribution >= 4 is 19.5 Å². The van der Waals surface area contributed by atoms with Crippen molar-refractivity contribution in [3.8, 4) is 17.2 Å². The minimum Gasteiger partial charge on any atom is -0.507 e. The number of rotatable bonds is 17. The standard InChI is InChI=1S/C64H85N2O8P/c1-58(2,3)53-37-48(38-54(55(53)67)59(4,5)6)39-64(35-36-75(70,73-49-31-23-17-24-32-49)74-50-33-25-18-26-34-50,56(68)71-51-40-60(7,8)65(61(9,10)41-51)44-46-27-19-15-20-28-46)57(69)72-52-42-62(11,12)66(63(13,14)43-52)45-47-29-21-16-22-30-47/h15-34,37-38,51-52,67H,35-36,39-45H2,1-14H3. The molecule has 0 aliphatic carbocycles. The van der Waals surface area contributed by atoms with Crippen LogP contribution in [0.3, 0.4) is 0 Å². The van der Waals surface area contributed by atoms with Gasteiger partial charge in [-0.05, 0) is 131 Å². The number of aromatic hydroxyl groups is 1. The van der Waals surface area contributed by atoms with Gasteiger partial charge in [-0.3, -0.25) is 19.4 Å². The maximum Gasteiger partial charge on any atom is 0.430 e. The van der Waals surface area contributed by atoms with Gasteiger partial charge in [0, 0.05) is 60.9 Å². The SMILES string of the molecule is CC(C)(C)c1cc(CC(CCP(=O)(Oc2ccccc2)Oc2ccccc2)(C(=O)OC2CC(C)(C)N(Cc3ccccc3)C(C)(C)C2)C(=O)OC2CC(C)(C)N(Cc3ccccc3)C(C)(C)C2)cc(C(C)(C)C)c1O. The van der Waals surface area contributed by atoms with Crippen LogP contribution in [0.4, 0.5) is 0 Å². The number of hydrogen-bond acceptors (Lipinski definition) is 10. The lowest BCUT2D eigenvalue weighted by molar-refractivity contribution is -0.189. The minimum atomic E-state index is -4.24. The molecule has 0 aromatic heterocycles. The highest BCUT2D eigenvalue weighted by Gasteiger charge is 2.56. The summed E-state index contributed by atoms with van der Waals surface area (Å²) < 4.78 is 42.2. The summed E-state index contributed by atoms with van der Waals surface area (Å²) in [5.74, 6) is -0.711. The van der Waals surface area contributed by atoms with Gasteiger partial charge in [0.1, 0.15) is 29.5 Å². The van der Waals surface area contributed by atoms with E-state index in [1.54, 1.807) is 48.5 Å². The maximum absolute atomic E-state index is 16.2. The van der Waals surface area contributed by atoms with Crippen molar-refractivity contribution in [3.63, 3.8) is 0 Å². The van der Waals surface area contributed by atoms with Crippen LogP contribution < -0.4 is 9.05 Å². The number of nitrogens with zero attached hydrogens (tertiary/aromatic N) is 2. The number of para-hydroxylation sites is 2. The van der Waals surface area contributed by atoms with Gasteiger partial charge in [-0.1, -0.05) is 151 Å². The molecular weight excluding hydrogens is 956 g/mol. The molecule has 2 aliphatic rings. The Morgan fingerprint density at radius 1 is 0.533 bits per heavy atom. The molecule has 2 aliphatic heterocycles. The number of ether oxygens (including phenoxy) is 2. The molecule has 5 aromatic rings. The lowest BCUT2D eigenvalue weighted by Crippen LogP contribution is -2.62. The molecule has 1 N–H and O–H groups in total. The molecular formula is C64H85N2O8P. The Kier molecular flexibility index (Phi) is 16.7. The average Bonchev–Trinajstić information content (AvgIpc) is 3.30. The third-order valence-corrected chi connectivity index (χ3v) is 17.4. The normalized spacial score (nSPS) is 18.5. The Balaban J connectivity index is 1.36. The first-order valence-electron chi connectivity index (χ1n) is 26.9. The third-order valence-electron chi connectivity index (χ3n) is 15.6. The molecule has 404 valence electrons. The summed E-state index contributed by atoms with van der Waals surface area (Å²) in [6, 6.07) is 42.2. The van der Waals surface area contributed by atoms with E-state index < -0.39 is 70.1 Å². The molecule has 0 radical (unpaired) electrons. The van der Waals surface area contributed by atoms with Gasteiger partial charge >= 0.3 is 19.5 Å². The largest absolute Gasteiger partial charge is 0.507 e. The van der Waals surface area contributed by atoms with Crippen molar-refractivity contribution < 1.29 is 37.8 Å². The number of likely N-dealkylation sites (tertiary alicyclic amines) is 2. The van der Waals surface area contributed by atoms with Gasteiger partial charge in [0.15, 0.2) is 5.41 Å². The molecule has 0 spiro atoms. The van der Waals surface area contributed by atoms with Crippen LogP contribution in [0.25, 0.3) is 0 Å². The van der Waals surface area contributed by atoms with Crippen LogP contribution in [0.1, 0.15) is 157 Å². The fourth-order valence-electron chi connectivity index (χ4n) is 12.1. The third kappa shape index (κ3) is 13.8. The van der Waals surface area contributed by atoms with Crippen molar-refractivity contribution in [3.05, 3.63) is 161 Å². The van der Waals surface area contributed by atoms with Crippen molar-refractivity contribution in [1.29, 1.82) is 0 Å². The first-order valence-corrected chi connectivity index (χ1v) is 28.7. The zero-order chi connectivity index (χ0) is 54.8. The summed E-state index contributed by atoms with van der Waals surface area (Å²) in [6.07, 6.45) is -0.0331. The molecule has 0 bridgehead atoms. The fourth-order valence-corrected chi connectivity index (χ4v) is 13.8. The highest BCUT2D eigenvalue weighted by Crippen LogP contribution is 2.53. The Bertz CT molecular complexity index is 2570. The number of phenols is 1. The predicted molar refractivity (Wildman–Crippen MR) is 301 cm³/mol. The molecule has 2 heterocycles. The van der Waals surface area contributed by atoms with Crippen molar-refractivity contribution in [2.45, 2.75) is 194 Å². The Morgan fingerprint density at radius 3 is 1.17 bits per heavy atom. The van der Waals surface area contributed by atoms with E-state index in [9.17, 15) is 5.11 Å². The molecule has 7 rings (SSSR count). The summed E-state index contributed by atoms with van der Waals surface area (Å²) in [4.78, 5) is 37.4. The van der Waals surface area contributed by atoms with E-state index >= 15 is 14.2 Å². The van der Waals surface area contributed by atoms with Crippen molar-refractivity contribution in [2.75, 3.05) is 6.16 Å². The Hall–Kier alpha value is -5.41. The number of carbonyl (C=O) groups is 2. The monoisotopic (exact) mass is 1040 g/mol. The second kappa shape index (κ2) is 21.9. The van der Waals surface area contributed by atoms with Crippen LogP contribution in [0, 0.1) is 5.41 Å². The van der Waals surface area contributed by atoms with Crippen LogP contribution in [-0.4, -0.2) is 67.4 Å². The van der Waals surface area contributed by atoms with E-state index in [1.165, 1.54) is 11.1 Å². The molecule has 11 heteroatoms. The predicted octanol–water partition coefficient (Wildman–Crippen LogP) is 14.8. The van der Waals surface area contributed by atoms with Crippen molar-refractivity contribution in [1.82, 2.24) is 9.80 Å². The van der Waals surface area contributed by atoms with E-state index in [4.69, 9.17) is 18.5 Å². The van der Waals surface area contributed by atoms with Crippen LogP contribution in [-0.2, 0) is 54.0 Å². The molecule has 75 heavy (non-hydrogen) atoms. The Labute approximate surface area is 449 Å². The lowest BCUT2D eigenvalue weighted by Gasteiger charge is -2.55. The molecule has 0 saturated carbocycles. The van der Waals surface area contributed by atoms with Gasteiger partial charge < -0.3 is 23.6 Å². The maximum atomic E-state index is 16.2. The highest BCUT2D eigenvalue weighted by molar-refractivity contribution is 7.54. The summed E-state index contributed by atoms with van der Waals surface area (Å²) in [6.45, 7) is 31.1. The average molecular weight is 1040 g/mol. The fraction of sp³-hybridized carbons (Fsp3) is 0.500. The van der Waals surface area contributed by atoms with Gasteiger partial charge in [-0.25, -0.2) is 4.57 Å². The van der Waals surface area contributed by atoms with Crippen molar-refractivity contribution in [2.24, 2.45) is 5.41 Å². The van der Waals surface area contributed by atoms with E-state index in [0.29, 0.717) is 67.0 Å². The second-order valence-corrected chi connectivity index (χ2v) is 28.0. The van der Waals surface area contributed by atoms with Crippen LogP contribution in [0.2, 0.25) is 0 Å². The van der Waals surface area contributed by atoms with E-state index in [-0.39, 0.29) is 24.8 Å². The number of phenolic OH excluding ortho intramolecular Hbond substituents is 1. The topological polar surface area (TPSA) is 115 Å². The lowest BCUT2D eigenvalue weighted by atomic mass is 9.73. The molecule has 0 amide bonds. The number of carbonyl (C=O) groups excluding carboxylic acids is 2. The highest BCUT2D eigenvalue weighted by atomic mass is 31.2. The van der Waals surface area contributed by atoms with Crippen LogP contribution in [0.5, 0.6) is 17.2 Å². The molecule has 5 aromatic carbocycles. The molecule has 0 unspecified atom stereocenters. The summed E-state index contributed by atoms with van der Waals surface area (Å²) in [5, 5.41) is 12.0. The number of benzene rings is 5. The summed E-state index contributed by atoms with van der Waals surface area (Å²) in [5.41, 5.74) is -0.498. The smallest absolute Gasteiger partial charge is 0.430 e. The van der Waals surface area contributed by atoms with Gasteiger partial charge in [-0.15, -0.1) is 0 Å². The minimum absolute atomic E-state index is 0.171. The zero-order valence-corrected chi connectivity index (χ0v) is 48.3. The number of piperidine rings is 2. The number of esters is 2. The molecule has 2 saturated heterocycles. The first-order chi connectivity index (χ1) is 34.9. The quantitative estimate of drug-likeness (QED) is 0.0548. The summed E-state index contributed by atoms with van der Waals surface area (Å²) >= 11 is 0. The van der Waals surface area contributed by atoms with E-state index in [0.717, 1.165) is 0 Å².